The van der Waals surface area contributed by atoms with Gasteiger partial charge in [0.2, 0.25) is 10.0 Å². The Morgan fingerprint density at radius 2 is 1.93 bits per heavy atom. The van der Waals surface area contributed by atoms with Gasteiger partial charge in [0, 0.05) is 5.69 Å². The minimum absolute atomic E-state index is 0.0280. The van der Waals surface area contributed by atoms with E-state index < -0.39 is 15.9 Å². The van der Waals surface area contributed by atoms with Crippen LogP contribution in [-0.4, -0.2) is 14.3 Å². The Morgan fingerprint density at radius 3 is 2.63 bits per heavy atom. The van der Waals surface area contributed by atoms with Gasteiger partial charge in [0.15, 0.2) is 5.76 Å². The van der Waals surface area contributed by atoms with Crippen LogP contribution in [0, 0.1) is 25.2 Å². The highest BCUT2D eigenvalue weighted by molar-refractivity contribution is 7.89. The van der Waals surface area contributed by atoms with E-state index in [1.54, 1.807) is 44.2 Å². The number of benzene rings is 2. The third-order valence-corrected chi connectivity index (χ3v) is 5.37. The van der Waals surface area contributed by atoms with E-state index in [9.17, 15) is 13.2 Å². The number of furan rings is 1. The molecule has 1 aromatic heterocycles. The van der Waals surface area contributed by atoms with Crippen LogP contribution in [0.3, 0.4) is 0 Å². The van der Waals surface area contributed by atoms with Gasteiger partial charge in [-0.05, 0) is 61.4 Å². The van der Waals surface area contributed by atoms with Gasteiger partial charge in [-0.2, -0.15) is 5.26 Å². The van der Waals surface area contributed by atoms with E-state index in [-0.39, 0.29) is 17.3 Å². The molecule has 0 radical (unpaired) electrons. The van der Waals surface area contributed by atoms with E-state index in [1.165, 1.54) is 18.2 Å². The number of ether oxygens (including phenoxy) is 1. The summed E-state index contributed by atoms with van der Waals surface area (Å²) >= 11 is 0. The molecule has 0 fully saturated rings. The summed E-state index contributed by atoms with van der Waals surface area (Å²) in [5, 5.41) is 16.9. The number of primary sulfonamides is 1. The molecular weight excluding hydrogens is 406 g/mol. The topological polar surface area (TPSA) is 135 Å². The molecule has 0 atom stereocenters. The summed E-state index contributed by atoms with van der Waals surface area (Å²) in [6.07, 6.45) is 0. The number of aryl methyl sites for hydroxylation is 1. The van der Waals surface area contributed by atoms with Crippen LogP contribution < -0.4 is 15.2 Å². The van der Waals surface area contributed by atoms with Crippen molar-refractivity contribution >= 4 is 21.6 Å². The largest absolute Gasteiger partial charge is 0.484 e. The van der Waals surface area contributed by atoms with E-state index in [0.717, 1.165) is 0 Å². The summed E-state index contributed by atoms with van der Waals surface area (Å²) in [5.74, 6) is 0.278. The molecule has 0 bridgehead atoms. The van der Waals surface area contributed by atoms with Gasteiger partial charge in [0.1, 0.15) is 24.2 Å². The highest BCUT2D eigenvalue weighted by Crippen LogP contribution is 2.25. The molecule has 0 aliphatic heterocycles. The predicted octanol–water partition coefficient (Wildman–Crippen LogP) is 3.25. The van der Waals surface area contributed by atoms with Crippen LogP contribution in [0.25, 0.3) is 0 Å². The van der Waals surface area contributed by atoms with Crippen LogP contribution in [0.4, 0.5) is 5.69 Å². The maximum atomic E-state index is 12.6. The lowest BCUT2D eigenvalue weighted by atomic mass is 10.1. The first-order valence-electron chi connectivity index (χ1n) is 8.85. The zero-order chi connectivity index (χ0) is 21.9. The number of nitrogens with zero attached hydrogens (tertiary/aromatic N) is 1. The van der Waals surface area contributed by atoms with Crippen molar-refractivity contribution < 1.29 is 22.4 Å². The molecule has 0 spiro atoms. The lowest BCUT2D eigenvalue weighted by Gasteiger charge is -2.12. The maximum absolute atomic E-state index is 12.6. The Labute approximate surface area is 173 Å². The summed E-state index contributed by atoms with van der Waals surface area (Å²) in [4.78, 5) is 12.5. The van der Waals surface area contributed by atoms with Gasteiger partial charge in [-0.15, -0.1) is 0 Å². The highest BCUT2D eigenvalue weighted by Gasteiger charge is 2.17. The normalized spacial score (nSPS) is 11.0. The van der Waals surface area contributed by atoms with Gasteiger partial charge in [-0.25, -0.2) is 13.6 Å². The molecule has 2 aromatic carbocycles. The van der Waals surface area contributed by atoms with Crippen LogP contribution in [0.2, 0.25) is 0 Å². The number of nitriles is 1. The number of amides is 1. The van der Waals surface area contributed by atoms with Crippen LogP contribution in [-0.2, 0) is 16.6 Å². The summed E-state index contributed by atoms with van der Waals surface area (Å²) in [6.45, 7) is 3.51. The van der Waals surface area contributed by atoms with Gasteiger partial charge in [-0.1, -0.05) is 12.1 Å². The van der Waals surface area contributed by atoms with Crippen molar-refractivity contribution in [2.45, 2.75) is 25.3 Å². The van der Waals surface area contributed by atoms with Crippen molar-refractivity contribution in [1.29, 1.82) is 5.26 Å². The molecule has 0 saturated heterocycles. The fraction of sp³-hybridized carbons (Fsp3) is 0.143. The second kappa shape index (κ2) is 8.41. The van der Waals surface area contributed by atoms with Gasteiger partial charge in [0.05, 0.1) is 10.5 Å². The van der Waals surface area contributed by atoms with Crippen molar-refractivity contribution in [1.82, 2.24) is 0 Å². The number of hydrogen-bond acceptors (Lipinski definition) is 6. The molecule has 3 N–H and O–H groups in total. The number of carbonyl (C=O) groups excluding carboxylic acids is 1. The SMILES string of the molecule is Cc1cc(S(N)(=O)=O)cc(NC(=O)c2ccc(COc3ccccc3C#N)o2)c1C. The minimum Gasteiger partial charge on any atom is -0.484 e. The smallest absolute Gasteiger partial charge is 0.291 e. The van der Waals surface area contributed by atoms with Crippen LogP contribution in [0.15, 0.2) is 57.8 Å². The van der Waals surface area contributed by atoms with E-state index in [1.807, 2.05) is 6.07 Å². The molecule has 3 rings (SSSR count). The maximum Gasteiger partial charge on any atom is 0.291 e. The fourth-order valence-electron chi connectivity index (χ4n) is 2.72. The average molecular weight is 425 g/mol. The molecule has 1 heterocycles. The van der Waals surface area contributed by atoms with Crippen molar-refractivity contribution in [2.75, 3.05) is 5.32 Å². The van der Waals surface area contributed by atoms with E-state index in [2.05, 4.69) is 5.32 Å². The number of sulfonamides is 1. The molecule has 3 aromatic rings. The van der Waals surface area contributed by atoms with E-state index >= 15 is 0 Å². The summed E-state index contributed by atoms with van der Waals surface area (Å²) in [7, 11) is -3.91. The Bertz CT molecular complexity index is 1260. The number of para-hydroxylation sites is 1. The number of nitrogens with one attached hydrogen (secondary N) is 1. The van der Waals surface area contributed by atoms with Gasteiger partial charge in [0.25, 0.3) is 5.91 Å². The van der Waals surface area contributed by atoms with Crippen molar-refractivity contribution in [3.63, 3.8) is 0 Å². The van der Waals surface area contributed by atoms with Crippen LogP contribution >= 0.6 is 0 Å². The molecular formula is C21H19N3O5S. The molecule has 0 aliphatic rings. The molecule has 0 aliphatic carbocycles. The first kappa shape index (κ1) is 21.1. The second-order valence-corrected chi connectivity index (χ2v) is 8.14. The first-order valence-corrected chi connectivity index (χ1v) is 10.4. The van der Waals surface area contributed by atoms with Crippen LogP contribution in [0.5, 0.6) is 5.75 Å². The fourth-order valence-corrected chi connectivity index (χ4v) is 3.34. The number of carbonyl (C=O) groups is 1. The average Bonchev–Trinajstić information content (AvgIpc) is 3.18. The Kier molecular flexibility index (Phi) is 5.91. The lowest BCUT2D eigenvalue weighted by molar-refractivity contribution is 0.0992. The first-order chi connectivity index (χ1) is 14.2. The zero-order valence-corrected chi connectivity index (χ0v) is 17.1. The second-order valence-electron chi connectivity index (χ2n) is 6.57. The molecule has 0 saturated carbocycles. The molecule has 9 heteroatoms. The van der Waals surface area contributed by atoms with E-state index in [0.29, 0.717) is 33.9 Å². The number of rotatable bonds is 6. The number of anilines is 1. The van der Waals surface area contributed by atoms with Gasteiger partial charge in [-0.3, -0.25) is 4.79 Å². The van der Waals surface area contributed by atoms with Crippen molar-refractivity contribution in [2.24, 2.45) is 5.14 Å². The molecule has 8 nitrogen and oxygen atoms in total. The molecule has 0 unspecified atom stereocenters. The third kappa shape index (κ3) is 4.68. The Balaban J connectivity index is 1.74. The monoisotopic (exact) mass is 425 g/mol. The third-order valence-electron chi connectivity index (χ3n) is 4.48. The predicted molar refractivity (Wildman–Crippen MR) is 109 cm³/mol. The summed E-state index contributed by atoms with van der Waals surface area (Å²) < 4.78 is 34.4. The summed E-state index contributed by atoms with van der Waals surface area (Å²) in [5.41, 5.74) is 2.09. The zero-order valence-electron chi connectivity index (χ0n) is 16.3. The highest BCUT2D eigenvalue weighted by atomic mass is 32.2. The van der Waals surface area contributed by atoms with Gasteiger partial charge < -0.3 is 14.5 Å². The Hall–Kier alpha value is -3.61. The van der Waals surface area contributed by atoms with Crippen molar-refractivity contribution in [3.8, 4) is 11.8 Å². The summed E-state index contributed by atoms with van der Waals surface area (Å²) in [6, 6.07) is 14.6. The molecule has 1 amide bonds. The lowest BCUT2D eigenvalue weighted by Crippen LogP contribution is -2.16. The van der Waals surface area contributed by atoms with Crippen molar-refractivity contribution in [3.05, 3.63) is 76.7 Å². The standard InChI is InChI=1S/C21H19N3O5S/c1-13-9-17(30(23,26)27)10-18(14(13)2)24-21(25)20-8-7-16(29-20)12-28-19-6-4-3-5-15(19)11-22/h3-10H,12H2,1-2H3,(H,24,25)(H2,23,26,27). The van der Waals surface area contributed by atoms with Crippen LogP contribution in [0.1, 0.15) is 33.0 Å². The number of hydrogen-bond donors (Lipinski definition) is 2. The molecule has 30 heavy (non-hydrogen) atoms. The minimum atomic E-state index is -3.91. The molecule has 154 valence electrons. The quantitative estimate of drug-likeness (QED) is 0.622. The number of nitrogens with two attached hydrogens (primary N) is 1. The van der Waals surface area contributed by atoms with Gasteiger partial charge >= 0.3 is 0 Å². The Morgan fingerprint density at radius 1 is 1.20 bits per heavy atom. The van der Waals surface area contributed by atoms with E-state index in [4.69, 9.17) is 19.6 Å².